The number of hydrogen-bond acceptors (Lipinski definition) is 5. The standard InChI is InChI=1S/C11H13N5O2/c1-8-5-10(3-4-11(8)16(17)18)15-7-9(6-12-2)13-14-15/h3-5,7,12H,6H2,1-2H3. The van der Waals surface area contributed by atoms with Crippen molar-refractivity contribution in [2.75, 3.05) is 7.05 Å². The summed E-state index contributed by atoms with van der Waals surface area (Å²) in [6.07, 6.45) is 1.79. The average molecular weight is 247 g/mol. The number of nitro groups is 1. The van der Waals surface area contributed by atoms with Crippen molar-refractivity contribution in [2.45, 2.75) is 13.5 Å². The number of benzene rings is 1. The van der Waals surface area contributed by atoms with Crippen LogP contribution in [-0.4, -0.2) is 27.0 Å². The molecule has 2 rings (SSSR count). The number of hydrogen-bond donors (Lipinski definition) is 1. The molecule has 0 radical (unpaired) electrons. The second-order valence-electron chi connectivity index (χ2n) is 3.91. The fourth-order valence-electron chi connectivity index (χ4n) is 1.67. The Kier molecular flexibility index (Phi) is 3.33. The van der Waals surface area contributed by atoms with Gasteiger partial charge in [-0.1, -0.05) is 5.21 Å². The van der Waals surface area contributed by atoms with Gasteiger partial charge in [-0.2, -0.15) is 0 Å². The van der Waals surface area contributed by atoms with Gasteiger partial charge in [0.1, 0.15) is 0 Å². The quantitative estimate of drug-likeness (QED) is 0.648. The first-order chi connectivity index (χ1) is 8.61. The zero-order valence-electron chi connectivity index (χ0n) is 10.1. The van der Waals surface area contributed by atoms with E-state index in [-0.39, 0.29) is 5.69 Å². The first-order valence-corrected chi connectivity index (χ1v) is 5.43. The molecule has 0 aliphatic rings. The molecule has 0 fully saturated rings. The number of nitrogens with zero attached hydrogens (tertiary/aromatic N) is 4. The van der Waals surface area contributed by atoms with Crippen LogP contribution < -0.4 is 5.32 Å². The number of nitrogens with one attached hydrogen (secondary N) is 1. The minimum absolute atomic E-state index is 0.106. The van der Waals surface area contributed by atoms with Crippen molar-refractivity contribution in [1.82, 2.24) is 20.3 Å². The van der Waals surface area contributed by atoms with Gasteiger partial charge in [-0.25, -0.2) is 4.68 Å². The van der Waals surface area contributed by atoms with Crippen LogP contribution in [0.3, 0.4) is 0 Å². The van der Waals surface area contributed by atoms with Crippen LogP contribution in [0, 0.1) is 17.0 Å². The summed E-state index contributed by atoms with van der Waals surface area (Å²) in [7, 11) is 1.83. The SMILES string of the molecule is CNCc1cn(-c2ccc([N+](=O)[O-])c(C)c2)nn1. The van der Waals surface area contributed by atoms with Crippen LogP contribution in [0.25, 0.3) is 5.69 Å². The van der Waals surface area contributed by atoms with Crippen LogP contribution in [-0.2, 0) is 6.54 Å². The molecule has 1 heterocycles. The molecule has 0 bridgehead atoms. The van der Waals surface area contributed by atoms with Crippen LogP contribution in [0.15, 0.2) is 24.4 Å². The first-order valence-electron chi connectivity index (χ1n) is 5.43. The van der Waals surface area contributed by atoms with Crippen LogP contribution in [0.5, 0.6) is 0 Å². The summed E-state index contributed by atoms with van der Waals surface area (Å²) in [6, 6.07) is 4.85. The summed E-state index contributed by atoms with van der Waals surface area (Å²) in [5.41, 5.74) is 2.28. The van der Waals surface area contributed by atoms with Crippen molar-refractivity contribution < 1.29 is 4.92 Å². The molecular weight excluding hydrogens is 234 g/mol. The molecule has 0 spiro atoms. The molecule has 94 valence electrons. The van der Waals surface area contributed by atoms with Crippen LogP contribution in [0.4, 0.5) is 5.69 Å². The second-order valence-corrected chi connectivity index (χ2v) is 3.91. The lowest BCUT2D eigenvalue weighted by Crippen LogP contribution is -2.05. The minimum Gasteiger partial charge on any atom is -0.314 e. The van der Waals surface area contributed by atoms with Crippen LogP contribution in [0.1, 0.15) is 11.3 Å². The molecule has 18 heavy (non-hydrogen) atoms. The largest absolute Gasteiger partial charge is 0.314 e. The van der Waals surface area contributed by atoms with Gasteiger partial charge < -0.3 is 5.32 Å². The molecule has 1 aromatic heterocycles. The Morgan fingerprint density at radius 1 is 1.50 bits per heavy atom. The van der Waals surface area contributed by atoms with Crippen LogP contribution >= 0.6 is 0 Å². The van der Waals surface area contributed by atoms with Crippen LogP contribution in [0.2, 0.25) is 0 Å². The fraction of sp³-hybridized carbons (Fsp3) is 0.273. The van der Waals surface area contributed by atoms with Gasteiger partial charge in [-0.15, -0.1) is 5.10 Å². The zero-order chi connectivity index (χ0) is 13.1. The Balaban J connectivity index is 2.33. The van der Waals surface area contributed by atoms with E-state index in [1.165, 1.54) is 6.07 Å². The van der Waals surface area contributed by atoms with Gasteiger partial charge in [0.25, 0.3) is 5.69 Å². The lowest BCUT2D eigenvalue weighted by Gasteiger charge is -2.02. The highest BCUT2D eigenvalue weighted by Gasteiger charge is 2.11. The molecular formula is C11H13N5O2. The Morgan fingerprint density at radius 3 is 2.89 bits per heavy atom. The Labute approximate surface area is 104 Å². The molecule has 1 N–H and O–H groups in total. The second kappa shape index (κ2) is 4.92. The zero-order valence-corrected chi connectivity index (χ0v) is 10.1. The van der Waals surface area contributed by atoms with E-state index in [1.807, 2.05) is 7.05 Å². The van der Waals surface area contributed by atoms with E-state index in [1.54, 1.807) is 29.9 Å². The highest BCUT2D eigenvalue weighted by molar-refractivity contribution is 5.47. The molecule has 2 aromatic rings. The normalized spacial score (nSPS) is 10.6. The number of nitro benzene ring substituents is 1. The van der Waals surface area contributed by atoms with Gasteiger partial charge in [0.2, 0.25) is 0 Å². The van der Waals surface area contributed by atoms with Gasteiger partial charge in [-0.05, 0) is 26.1 Å². The third-order valence-corrected chi connectivity index (χ3v) is 2.54. The number of aryl methyl sites for hydroxylation is 1. The lowest BCUT2D eigenvalue weighted by molar-refractivity contribution is -0.385. The molecule has 0 unspecified atom stereocenters. The number of aromatic nitrogens is 3. The Bertz CT molecular complexity index is 579. The summed E-state index contributed by atoms with van der Waals surface area (Å²) >= 11 is 0. The van der Waals surface area contributed by atoms with E-state index in [2.05, 4.69) is 15.6 Å². The average Bonchev–Trinajstić information content (AvgIpc) is 2.77. The van der Waals surface area contributed by atoms with Crippen molar-refractivity contribution in [2.24, 2.45) is 0 Å². The van der Waals surface area contributed by atoms with E-state index in [0.29, 0.717) is 12.1 Å². The topological polar surface area (TPSA) is 85.9 Å². The predicted molar refractivity (Wildman–Crippen MR) is 65.5 cm³/mol. The van der Waals surface area contributed by atoms with Crippen molar-refractivity contribution >= 4 is 5.69 Å². The summed E-state index contributed by atoms with van der Waals surface area (Å²) in [6.45, 7) is 2.33. The molecule has 0 saturated carbocycles. The van der Waals surface area contributed by atoms with Gasteiger partial charge in [0.05, 0.1) is 22.5 Å². The molecule has 0 saturated heterocycles. The molecule has 1 aromatic carbocycles. The molecule has 0 atom stereocenters. The summed E-state index contributed by atoms with van der Waals surface area (Å²) in [5, 5.41) is 21.7. The minimum atomic E-state index is -0.396. The van der Waals surface area contributed by atoms with Crippen molar-refractivity contribution in [1.29, 1.82) is 0 Å². The number of rotatable bonds is 4. The summed E-state index contributed by atoms with van der Waals surface area (Å²) < 4.78 is 1.60. The third-order valence-electron chi connectivity index (χ3n) is 2.54. The highest BCUT2D eigenvalue weighted by atomic mass is 16.6. The predicted octanol–water partition coefficient (Wildman–Crippen LogP) is 1.20. The molecule has 7 heteroatoms. The molecule has 0 aliphatic heterocycles. The fourth-order valence-corrected chi connectivity index (χ4v) is 1.67. The van der Waals surface area contributed by atoms with Crippen molar-refractivity contribution in [3.8, 4) is 5.69 Å². The summed E-state index contributed by atoms with van der Waals surface area (Å²) in [4.78, 5) is 10.3. The van der Waals surface area contributed by atoms with Crippen molar-refractivity contribution in [3.05, 3.63) is 45.8 Å². The monoisotopic (exact) mass is 247 g/mol. The van der Waals surface area contributed by atoms with E-state index in [0.717, 1.165) is 11.4 Å². The maximum Gasteiger partial charge on any atom is 0.272 e. The van der Waals surface area contributed by atoms with Gasteiger partial charge >= 0.3 is 0 Å². The Hall–Kier alpha value is -2.28. The maximum absolute atomic E-state index is 10.7. The van der Waals surface area contributed by atoms with Gasteiger partial charge in [0.15, 0.2) is 0 Å². The highest BCUT2D eigenvalue weighted by Crippen LogP contribution is 2.20. The smallest absolute Gasteiger partial charge is 0.272 e. The van der Waals surface area contributed by atoms with E-state index in [4.69, 9.17) is 0 Å². The van der Waals surface area contributed by atoms with E-state index in [9.17, 15) is 10.1 Å². The van der Waals surface area contributed by atoms with Gasteiger partial charge in [0, 0.05) is 18.2 Å². The van der Waals surface area contributed by atoms with E-state index < -0.39 is 4.92 Å². The van der Waals surface area contributed by atoms with Crippen molar-refractivity contribution in [3.63, 3.8) is 0 Å². The Morgan fingerprint density at radius 2 is 2.28 bits per heavy atom. The third kappa shape index (κ3) is 2.35. The lowest BCUT2D eigenvalue weighted by atomic mass is 10.2. The molecule has 0 aliphatic carbocycles. The first kappa shape index (κ1) is 12.2. The van der Waals surface area contributed by atoms with Gasteiger partial charge in [-0.3, -0.25) is 10.1 Å². The maximum atomic E-state index is 10.7. The molecule has 7 nitrogen and oxygen atoms in total. The molecule has 0 amide bonds. The van der Waals surface area contributed by atoms with E-state index >= 15 is 0 Å². The summed E-state index contributed by atoms with van der Waals surface area (Å²) in [5.74, 6) is 0.